The lowest BCUT2D eigenvalue weighted by molar-refractivity contribution is -0.132. The third-order valence-electron chi connectivity index (χ3n) is 4.25. The molecule has 0 aromatic rings. The Morgan fingerprint density at radius 2 is 1.91 bits per heavy atom. The molecule has 4 nitrogen and oxygen atoms in total. The second-order valence-electron chi connectivity index (χ2n) is 7.75. The van der Waals surface area contributed by atoms with E-state index in [0.717, 1.165) is 25.8 Å². The maximum atomic E-state index is 12.2. The predicted octanol–water partition coefficient (Wildman–Crippen LogP) is 2.99. The van der Waals surface area contributed by atoms with Crippen LogP contribution in [0.4, 0.5) is 0 Å². The summed E-state index contributed by atoms with van der Waals surface area (Å²) in [6.45, 7) is 14.6. The van der Waals surface area contributed by atoms with E-state index in [1.165, 1.54) is 12.5 Å². The molecule has 0 spiro atoms. The molecule has 1 fully saturated rings. The molecule has 1 rings (SSSR count). The molecule has 0 radical (unpaired) electrons. The molecule has 0 aromatic heterocycles. The van der Waals surface area contributed by atoms with Crippen molar-refractivity contribution in [2.75, 3.05) is 19.6 Å². The second kappa shape index (κ2) is 8.35. The number of likely N-dealkylation sites (tertiary alicyclic amines) is 1. The Morgan fingerprint density at radius 3 is 2.41 bits per heavy atom. The lowest BCUT2D eigenvalue weighted by Gasteiger charge is -2.30. The van der Waals surface area contributed by atoms with Crippen LogP contribution in [0.2, 0.25) is 0 Å². The highest BCUT2D eigenvalue weighted by molar-refractivity contribution is 5.87. The fraction of sp³-hybridized carbons (Fsp3) is 0.778. The Balaban J connectivity index is 2.24. The van der Waals surface area contributed by atoms with E-state index in [4.69, 9.17) is 0 Å². The van der Waals surface area contributed by atoms with E-state index in [-0.39, 0.29) is 17.7 Å². The third kappa shape index (κ3) is 6.63. The van der Waals surface area contributed by atoms with E-state index in [1.54, 1.807) is 4.90 Å². The zero-order valence-electron chi connectivity index (χ0n) is 14.7. The predicted molar refractivity (Wildman–Crippen MR) is 90.4 cm³/mol. The molecule has 1 atom stereocenters. The standard InChI is InChI=1S/C18H32N2O2/c1-6-16(21)20-11-8-15(9-12-20)17(22)19-10-7-14(2)13-18(3,4)5/h6,14-15H,1,7-13H2,2-5H3,(H,19,22). The van der Waals surface area contributed by atoms with Gasteiger partial charge in [0.1, 0.15) is 0 Å². The summed E-state index contributed by atoms with van der Waals surface area (Å²) in [4.78, 5) is 25.5. The van der Waals surface area contributed by atoms with Gasteiger partial charge in [-0.1, -0.05) is 34.3 Å². The van der Waals surface area contributed by atoms with E-state index >= 15 is 0 Å². The van der Waals surface area contributed by atoms with Gasteiger partial charge in [0.05, 0.1) is 0 Å². The highest BCUT2D eigenvalue weighted by atomic mass is 16.2. The van der Waals surface area contributed by atoms with E-state index in [1.807, 2.05) is 0 Å². The monoisotopic (exact) mass is 308 g/mol. The van der Waals surface area contributed by atoms with Crippen LogP contribution in [0.5, 0.6) is 0 Å². The van der Waals surface area contributed by atoms with Gasteiger partial charge in [-0.05, 0) is 43.1 Å². The van der Waals surface area contributed by atoms with Crippen molar-refractivity contribution in [3.63, 3.8) is 0 Å². The summed E-state index contributed by atoms with van der Waals surface area (Å²) in [7, 11) is 0. The summed E-state index contributed by atoms with van der Waals surface area (Å²) in [5.74, 6) is 0.780. The summed E-state index contributed by atoms with van der Waals surface area (Å²) in [6.07, 6.45) is 5.05. The van der Waals surface area contributed by atoms with Crippen LogP contribution >= 0.6 is 0 Å². The molecule has 4 heteroatoms. The zero-order chi connectivity index (χ0) is 16.8. The summed E-state index contributed by atoms with van der Waals surface area (Å²) >= 11 is 0. The SMILES string of the molecule is C=CC(=O)N1CCC(C(=O)NCCC(C)CC(C)(C)C)CC1. The van der Waals surface area contributed by atoms with Crippen LogP contribution in [-0.4, -0.2) is 36.3 Å². The molecule has 2 amide bonds. The Bertz CT molecular complexity index is 390. The van der Waals surface area contributed by atoms with Gasteiger partial charge in [0.25, 0.3) is 0 Å². The first-order chi connectivity index (χ1) is 10.2. The molecule has 1 unspecified atom stereocenters. The maximum absolute atomic E-state index is 12.2. The van der Waals surface area contributed by atoms with Crippen molar-refractivity contribution in [2.24, 2.45) is 17.3 Å². The fourth-order valence-corrected chi connectivity index (χ4v) is 3.22. The molecule has 126 valence electrons. The average molecular weight is 308 g/mol. The van der Waals surface area contributed by atoms with Gasteiger partial charge in [0.15, 0.2) is 0 Å². The lowest BCUT2D eigenvalue weighted by Crippen LogP contribution is -2.42. The first kappa shape index (κ1) is 18.7. The van der Waals surface area contributed by atoms with Crippen molar-refractivity contribution in [3.8, 4) is 0 Å². The van der Waals surface area contributed by atoms with Crippen LogP contribution in [0.1, 0.15) is 53.4 Å². The number of piperidine rings is 1. The van der Waals surface area contributed by atoms with Gasteiger partial charge < -0.3 is 10.2 Å². The van der Waals surface area contributed by atoms with Crippen LogP contribution in [0, 0.1) is 17.3 Å². The van der Waals surface area contributed by atoms with Crippen molar-refractivity contribution in [1.82, 2.24) is 10.2 Å². The van der Waals surface area contributed by atoms with Gasteiger partial charge in [-0.2, -0.15) is 0 Å². The van der Waals surface area contributed by atoms with Gasteiger partial charge in [-0.25, -0.2) is 0 Å². The van der Waals surface area contributed by atoms with Crippen molar-refractivity contribution in [3.05, 3.63) is 12.7 Å². The molecule has 1 aliphatic rings. The minimum atomic E-state index is -0.0325. The molecule has 22 heavy (non-hydrogen) atoms. The minimum absolute atomic E-state index is 0.0325. The molecule has 0 aliphatic carbocycles. The molecule has 1 saturated heterocycles. The van der Waals surface area contributed by atoms with Crippen LogP contribution < -0.4 is 5.32 Å². The Hall–Kier alpha value is -1.32. The number of carbonyl (C=O) groups is 2. The number of amides is 2. The van der Waals surface area contributed by atoms with Gasteiger partial charge in [0.2, 0.25) is 11.8 Å². The topological polar surface area (TPSA) is 49.4 Å². The van der Waals surface area contributed by atoms with Gasteiger partial charge >= 0.3 is 0 Å². The van der Waals surface area contributed by atoms with Gasteiger partial charge in [-0.15, -0.1) is 0 Å². The highest BCUT2D eigenvalue weighted by Crippen LogP contribution is 2.25. The summed E-state index contributed by atoms with van der Waals surface area (Å²) in [5, 5.41) is 3.06. The van der Waals surface area contributed by atoms with Crippen LogP contribution in [0.15, 0.2) is 12.7 Å². The van der Waals surface area contributed by atoms with E-state index in [2.05, 4.69) is 39.6 Å². The number of hydrogen-bond acceptors (Lipinski definition) is 2. The van der Waals surface area contributed by atoms with Crippen molar-refractivity contribution in [1.29, 1.82) is 0 Å². The second-order valence-corrected chi connectivity index (χ2v) is 7.75. The first-order valence-electron chi connectivity index (χ1n) is 8.42. The molecule has 0 bridgehead atoms. The number of carbonyl (C=O) groups excluding carboxylic acids is 2. The number of nitrogens with zero attached hydrogens (tertiary/aromatic N) is 1. The Kier molecular flexibility index (Phi) is 7.11. The molecular weight excluding hydrogens is 276 g/mol. The van der Waals surface area contributed by atoms with Gasteiger partial charge in [-0.3, -0.25) is 9.59 Å². The van der Waals surface area contributed by atoms with Crippen molar-refractivity contribution in [2.45, 2.75) is 53.4 Å². The lowest BCUT2D eigenvalue weighted by atomic mass is 9.84. The molecule has 1 N–H and O–H groups in total. The first-order valence-corrected chi connectivity index (χ1v) is 8.42. The quantitative estimate of drug-likeness (QED) is 0.767. The maximum Gasteiger partial charge on any atom is 0.245 e. The number of rotatable bonds is 6. The zero-order valence-corrected chi connectivity index (χ0v) is 14.7. The Labute approximate surface area is 135 Å². The van der Waals surface area contributed by atoms with E-state index in [9.17, 15) is 9.59 Å². The number of hydrogen-bond donors (Lipinski definition) is 1. The number of nitrogens with one attached hydrogen (secondary N) is 1. The summed E-state index contributed by atoms with van der Waals surface area (Å²) in [6, 6.07) is 0. The van der Waals surface area contributed by atoms with Crippen molar-refractivity contribution < 1.29 is 9.59 Å². The normalized spacial score (nSPS) is 17.9. The van der Waals surface area contributed by atoms with Crippen molar-refractivity contribution >= 4 is 11.8 Å². The largest absolute Gasteiger partial charge is 0.356 e. The Morgan fingerprint density at radius 1 is 1.32 bits per heavy atom. The fourth-order valence-electron chi connectivity index (χ4n) is 3.22. The smallest absolute Gasteiger partial charge is 0.245 e. The summed E-state index contributed by atoms with van der Waals surface area (Å²) in [5.41, 5.74) is 0.341. The summed E-state index contributed by atoms with van der Waals surface area (Å²) < 4.78 is 0. The minimum Gasteiger partial charge on any atom is -0.356 e. The average Bonchev–Trinajstić information content (AvgIpc) is 2.44. The molecule has 1 aliphatic heterocycles. The molecular formula is C18H32N2O2. The highest BCUT2D eigenvalue weighted by Gasteiger charge is 2.26. The van der Waals surface area contributed by atoms with Crippen LogP contribution in [0.3, 0.4) is 0 Å². The van der Waals surface area contributed by atoms with Crippen LogP contribution in [0.25, 0.3) is 0 Å². The third-order valence-corrected chi connectivity index (χ3v) is 4.25. The van der Waals surface area contributed by atoms with E-state index in [0.29, 0.717) is 24.4 Å². The van der Waals surface area contributed by atoms with Gasteiger partial charge in [0, 0.05) is 25.6 Å². The van der Waals surface area contributed by atoms with Crippen LogP contribution in [-0.2, 0) is 9.59 Å². The van der Waals surface area contributed by atoms with E-state index < -0.39 is 0 Å². The molecule has 0 saturated carbocycles. The molecule has 0 aromatic carbocycles. The molecule has 1 heterocycles.